The van der Waals surface area contributed by atoms with E-state index in [2.05, 4.69) is 35.8 Å². The van der Waals surface area contributed by atoms with Crippen LogP contribution in [0.15, 0.2) is 10.5 Å². The molecule has 82 valence electrons. The summed E-state index contributed by atoms with van der Waals surface area (Å²) in [4.78, 5) is 0. The van der Waals surface area contributed by atoms with E-state index in [9.17, 15) is 0 Å². The molecule has 1 aliphatic rings. The van der Waals surface area contributed by atoms with Crippen LogP contribution in [0.1, 0.15) is 46.9 Å². The van der Waals surface area contributed by atoms with Gasteiger partial charge in [0.15, 0.2) is 0 Å². The zero-order chi connectivity index (χ0) is 11.0. The van der Waals surface area contributed by atoms with Gasteiger partial charge in [-0.3, -0.25) is 0 Å². The quantitative estimate of drug-likeness (QED) is 0.461. The lowest BCUT2D eigenvalue weighted by Gasteiger charge is -2.18. The van der Waals surface area contributed by atoms with E-state index in [1.807, 2.05) is 0 Å². The van der Waals surface area contributed by atoms with Gasteiger partial charge in [0.1, 0.15) is 0 Å². The predicted octanol–water partition coefficient (Wildman–Crippen LogP) is 5.07. The van der Waals surface area contributed by atoms with E-state index in [4.69, 9.17) is 11.6 Å². The Hall–Kier alpha value is -0.0100. The minimum atomic E-state index is 0.207. The molecule has 0 bridgehead atoms. The van der Waals surface area contributed by atoms with Crippen LogP contribution in [-0.4, -0.2) is 0 Å². The number of halogens is 2. The Morgan fingerprint density at radius 2 is 2.07 bits per heavy atom. The third-order valence-electron chi connectivity index (χ3n) is 3.35. The first-order valence-electron chi connectivity index (χ1n) is 5.54. The molecule has 1 aliphatic carbocycles. The Kier molecular flexibility index (Phi) is 3.42. The SMILES string of the molecule is Cc1cc(Br)c(C)c2c1CCCCC2Cl. The van der Waals surface area contributed by atoms with Crippen molar-refractivity contribution in [1.29, 1.82) is 0 Å². The van der Waals surface area contributed by atoms with E-state index in [0.29, 0.717) is 0 Å². The molecule has 1 unspecified atom stereocenters. The number of benzene rings is 1. The van der Waals surface area contributed by atoms with Gasteiger partial charge in [-0.2, -0.15) is 0 Å². The molecule has 0 nitrogen and oxygen atoms in total. The van der Waals surface area contributed by atoms with E-state index < -0.39 is 0 Å². The molecule has 0 heterocycles. The lowest BCUT2D eigenvalue weighted by atomic mass is 9.93. The lowest BCUT2D eigenvalue weighted by Crippen LogP contribution is -2.01. The van der Waals surface area contributed by atoms with Gasteiger partial charge in [-0.1, -0.05) is 22.4 Å². The van der Waals surface area contributed by atoms with Crippen molar-refractivity contribution in [3.63, 3.8) is 0 Å². The Morgan fingerprint density at radius 1 is 1.33 bits per heavy atom. The first kappa shape index (κ1) is 11.5. The second-order valence-corrected chi connectivity index (χ2v) is 5.79. The van der Waals surface area contributed by atoms with Gasteiger partial charge in [0.2, 0.25) is 0 Å². The van der Waals surface area contributed by atoms with Gasteiger partial charge >= 0.3 is 0 Å². The zero-order valence-corrected chi connectivity index (χ0v) is 11.6. The van der Waals surface area contributed by atoms with E-state index in [0.717, 1.165) is 6.42 Å². The summed E-state index contributed by atoms with van der Waals surface area (Å²) in [5.41, 5.74) is 5.60. The Morgan fingerprint density at radius 3 is 2.80 bits per heavy atom. The highest BCUT2D eigenvalue weighted by atomic mass is 79.9. The van der Waals surface area contributed by atoms with Crippen LogP contribution in [0, 0.1) is 13.8 Å². The van der Waals surface area contributed by atoms with Crippen LogP contribution in [0.2, 0.25) is 0 Å². The van der Waals surface area contributed by atoms with Crippen LogP contribution in [-0.2, 0) is 6.42 Å². The van der Waals surface area contributed by atoms with Gasteiger partial charge in [-0.15, -0.1) is 11.6 Å². The Balaban J connectivity index is 2.63. The Bertz CT molecular complexity index is 385. The third kappa shape index (κ3) is 2.09. The zero-order valence-electron chi connectivity index (χ0n) is 9.24. The molecule has 0 saturated carbocycles. The topological polar surface area (TPSA) is 0 Å². The number of hydrogen-bond donors (Lipinski definition) is 0. The van der Waals surface area contributed by atoms with E-state index in [-0.39, 0.29) is 5.38 Å². The van der Waals surface area contributed by atoms with Crippen molar-refractivity contribution in [2.45, 2.75) is 44.9 Å². The number of aryl methyl sites for hydroxylation is 1. The van der Waals surface area contributed by atoms with Gasteiger partial charge in [0.05, 0.1) is 5.38 Å². The maximum Gasteiger partial charge on any atom is 0.0591 e. The van der Waals surface area contributed by atoms with Crippen molar-refractivity contribution in [3.05, 3.63) is 32.8 Å². The van der Waals surface area contributed by atoms with Gasteiger partial charge in [-0.05, 0) is 61.4 Å². The monoisotopic (exact) mass is 286 g/mol. The Labute approximate surface area is 105 Å². The third-order valence-corrected chi connectivity index (χ3v) is 4.61. The van der Waals surface area contributed by atoms with Crippen molar-refractivity contribution in [1.82, 2.24) is 0 Å². The average Bonchev–Trinajstić information content (AvgIpc) is 2.37. The smallest absolute Gasteiger partial charge is 0.0591 e. The molecule has 0 spiro atoms. The fourth-order valence-electron chi connectivity index (χ4n) is 2.48. The highest BCUT2D eigenvalue weighted by Gasteiger charge is 2.21. The number of alkyl halides is 1. The van der Waals surface area contributed by atoms with E-state index in [1.54, 1.807) is 0 Å². The van der Waals surface area contributed by atoms with Crippen LogP contribution in [0.5, 0.6) is 0 Å². The molecule has 2 heteroatoms. The van der Waals surface area contributed by atoms with Crippen molar-refractivity contribution >= 4 is 27.5 Å². The molecule has 15 heavy (non-hydrogen) atoms. The van der Waals surface area contributed by atoms with E-state index >= 15 is 0 Å². The van der Waals surface area contributed by atoms with Gasteiger partial charge in [0, 0.05) is 4.47 Å². The summed E-state index contributed by atoms with van der Waals surface area (Å²) in [6.45, 7) is 4.36. The van der Waals surface area contributed by atoms with Crippen molar-refractivity contribution in [2.24, 2.45) is 0 Å². The summed E-state index contributed by atoms with van der Waals surface area (Å²) in [5, 5.41) is 0.207. The summed E-state index contributed by atoms with van der Waals surface area (Å²) >= 11 is 10.1. The minimum Gasteiger partial charge on any atom is -0.118 e. The summed E-state index contributed by atoms with van der Waals surface area (Å²) in [7, 11) is 0. The van der Waals surface area contributed by atoms with Crippen molar-refractivity contribution in [3.8, 4) is 0 Å². The van der Waals surface area contributed by atoms with Gasteiger partial charge in [-0.25, -0.2) is 0 Å². The second-order valence-electron chi connectivity index (χ2n) is 4.41. The predicted molar refractivity (Wildman–Crippen MR) is 69.8 cm³/mol. The molecule has 1 atom stereocenters. The average molecular weight is 288 g/mol. The molecule has 0 fully saturated rings. The maximum atomic E-state index is 6.48. The molecule has 0 amide bonds. The van der Waals surface area contributed by atoms with Crippen molar-refractivity contribution < 1.29 is 0 Å². The second kappa shape index (κ2) is 4.47. The first-order chi connectivity index (χ1) is 7.11. The molecule has 0 aliphatic heterocycles. The minimum absolute atomic E-state index is 0.207. The normalized spacial score (nSPS) is 20.9. The summed E-state index contributed by atoms with van der Waals surface area (Å²) in [6.07, 6.45) is 4.83. The fraction of sp³-hybridized carbons (Fsp3) is 0.538. The maximum absolute atomic E-state index is 6.48. The molecule has 0 saturated heterocycles. The largest absolute Gasteiger partial charge is 0.118 e. The van der Waals surface area contributed by atoms with Crippen molar-refractivity contribution in [2.75, 3.05) is 0 Å². The first-order valence-corrected chi connectivity index (χ1v) is 6.76. The molecular weight excluding hydrogens is 272 g/mol. The van der Waals surface area contributed by atoms with Crippen LogP contribution in [0.4, 0.5) is 0 Å². The molecule has 1 aromatic carbocycles. The van der Waals surface area contributed by atoms with Gasteiger partial charge < -0.3 is 0 Å². The highest BCUT2D eigenvalue weighted by Crippen LogP contribution is 2.39. The van der Waals surface area contributed by atoms with Crippen LogP contribution < -0.4 is 0 Å². The highest BCUT2D eigenvalue weighted by molar-refractivity contribution is 9.10. The summed E-state index contributed by atoms with van der Waals surface area (Å²) in [6, 6.07) is 2.23. The molecule has 2 rings (SSSR count). The van der Waals surface area contributed by atoms with E-state index in [1.165, 1.54) is 46.0 Å². The van der Waals surface area contributed by atoms with Crippen LogP contribution in [0.3, 0.4) is 0 Å². The summed E-state index contributed by atoms with van der Waals surface area (Å²) < 4.78 is 1.20. The van der Waals surface area contributed by atoms with Crippen LogP contribution >= 0.6 is 27.5 Å². The number of hydrogen-bond acceptors (Lipinski definition) is 0. The molecule has 0 N–H and O–H groups in total. The fourth-order valence-corrected chi connectivity index (χ4v) is 3.48. The standard InChI is InChI=1S/C13H16BrCl/c1-8-7-11(14)9(2)13-10(8)5-3-4-6-12(13)15/h7,12H,3-6H2,1-2H3. The molecule has 0 aromatic heterocycles. The number of rotatable bonds is 0. The summed E-state index contributed by atoms with van der Waals surface area (Å²) in [5.74, 6) is 0. The molecular formula is C13H16BrCl. The molecule has 0 radical (unpaired) electrons. The van der Waals surface area contributed by atoms with Gasteiger partial charge in [0.25, 0.3) is 0 Å². The number of fused-ring (bicyclic) bond motifs is 1. The molecule has 1 aromatic rings. The van der Waals surface area contributed by atoms with Crippen LogP contribution in [0.25, 0.3) is 0 Å². The lowest BCUT2D eigenvalue weighted by molar-refractivity contribution is 0.698.